The fourth-order valence-electron chi connectivity index (χ4n) is 1.36. The fraction of sp³-hybridized carbons (Fsp3) is 0.417. The van der Waals surface area contributed by atoms with E-state index < -0.39 is 0 Å². The molecule has 0 aromatic heterocycles. The molecule has 1 aromatic rings. The monoisotopic (exact) mass is 173 g/mol. The second kappa shape index (κ2) is 4.67. The molecular formula is C12H15N. The summed E-state index contributed by atoms with van der Waals surface area (Å²) in [6.45, 7) is 4.42. The highest BCUT2D eigenvalue weighted by atomic mass is 14.2. The highest BCUT2D eigenvalue weighted by Gasteiger charge is 1.97. The van der Waals surface area contributed by atoms with Gasteiger partial charge in [-0.25, -0.2) is 0 Å². The molecule has 0 amide bonds. The highest BCUT2D eigenvalue weighted by molar-refractivity contribution is 5.24. The van der Waals surface area contributed by atoms with E-state index in [9.17, 15) is 0 Å². The summed E-state index contributed by atoms with van der Waals surface area (Å²) in [6.07, 6.45) is 1.63. The summed E-state index contributed by atoms with van der Waals surface area (Å²) >= 11 is 0. The molecule has 0 atom stereocenters. The van der Waals surface area contributed by atoms with Gasteiger partial charge in [0.1, 0.15) is 0 Å². The smallest absolute Gasteiger partial charge is 0.0669 e. The van der Waals surface area contributed by atoms with E-state index in [0.717, 1.165) is 12.0 Å². The summed E-state index contributed by atoms with van der Waals surface area (Å²) in [6, 6.07) is 10.5. The molecule has 68 valence electrons. The van der Waals surface area contributed by atoms with Gasteiger partial charge in [-0.1, -0.05) is 38.1 Å². The molecule has 1 rings (SSSR count). The molecule has 0 radical (unpaired) electrons. The second-order valence-electron chi connectivity index (χ2n) is 3.75. The Morgan fingerprint density at radius 1 is 1.15 bits per heavy atom. The SMILES string of the molecule is CC(C)Cc1ccc(CC#N)cc1. The van der Waals surface area contributed by atoms with Gasteiger partial charge in [-0.15, -0.1) is 0 Å². The highest BCUT2D eigenvalue weighted by Crippen LogP contribution is 2.09. The summed E-state index contributed by atoms with van der Waals surface area (Å²) in [7, 11) is 0. The van der Waals surface area contributed by atoms with Gasteiger partial charge in [0.25, 0.3) is 0 Å². The van der Waals surface area contributed by atoms with Crippen LogP contribution in [0.3, 0.4) is 0 Å². The van der Waals surface area contributed by atoms with Crippen molar-refractivity contribution < 1.29 is 0 Å². The quantitative estimate of drug-likeness (QED) is 0.689. The second-order valence-corrected chi connectivity index (χ2v) is 3.75. The van der Waals surface area contributed by atoms with Crippen LogP contribution in [0, 0.1) is 17.2 Å². The van der Waals surface area contributed by atoms with Crippen molar-refractivity contribution in [3.05, 3.63) is 35.4 Å². The normalized spacial score (nSPS) is 10.0. The molecular weight excluding hydrogens is 158 g/mol. The van der Waals surface area contributed by atoms with Gasteiger partial charge in [0, 0.05) is 0 Å². The topological polar surface area (TPSA) is 23.8 Å². The van der Waals surface area contributed by atoms with Gasteiger partial charge in [-0.2, -0.15) is 5.26 Å². The molecule has 1 nitrogen and oxygen atoms in total. The van der Waals surface area contributed by atoms with Gasteiger partial charge < -0.3 is 0 Å². The molecule has 0 aliphatic heterocycles. The van der Waals surface area contributed by atoms with Gasteiger partial charge in [0.2, 0.25) is 0 Å². The lowest BCUT2D eigenvalue weighted by molar-refractivity contribution is 0.647. The van der Waals surface area contributed by atoms with Crippen LogP contribution < -0.4 is 0 Å². The van der Waals surface area contributed by atoms with Crippen LogP contribution in [0.1, 0.15) is 25.0 Å². The summed E-state index contributed by atoms with van der Waals surface area (Å²) in [4.78, 5) is 0. The molecule has 0 N–H and O–H groups in total. The average molecular weight is 173 g/mol. The van der Waals surface area contributed by atoms with Crippen LogP contribution in [0.25, 0.3) is 0 Å². The molecule has 0 aliphatic carbocycles. The Kier molecular flexibility index (Phi) is 3.52. The largest absolute Gasteiger partial charge is 0.198 e. The Balaban J connectivity index is 2.65. The Labute approximate surface area is 80.0 Å². The van der Waals surface area contributed by atoms with Crippen molar-refractivity contribution >= 4 is 0 Å². The minimum Gasteiger partial charge on any atom is -0.198 e. The van der Waals surface area contributed by atoms with Gasteiger partial charge in [0.05, 0.1) is 12.5 Å². The minimum atomic E-state index is 0.516. The van der Waals surface area contributed by atoms with E-state index in [0.29, 0.717) is 12.3 Å². The first-order chi connectivity index (χ1) is 6.22. The van der Waals surface area contributed by atoms with Gasteiger partial charge in [-0.05, 0) is 23.5 Å². The van der Waals surface area contributed by atoms with Gasteiger partial charge in [-0.3, -0.25) is 0 Å². The number of benzene rings is 1. The number of nitrogens with zero attached hydrogens (tertiary/aromatic N) is 1. The minimum absolute atomic E-state index is 0.516. The summed E-state index contributed by atoms with van der Waals surface area (Å²) in [5.74, 6) is 0.696. The summed E-state index contributed by atoms with van der Waals surface area (Å²) in [5, 5.41) is 8.48. The summed E-state index contributed by atoms with van der Waals surface area (Å²) in [5.41, 5.74) is 2.46. The third kappa shape index (κ3) is 3.29. The van der Waals surface area contributed by atoms with Crippen molar-refractivity contribution in [2.75, 3.05) is 0 Å². The Morgan fingerprint density at radius 2 is 1.69 bits per heavy atom. The maximum absolute atomic E-state index is 8.48. The maximum Gasteiger partial charge on any atom is 0.0669 e. The molecule has 0 heterocycles. The lowest BCUT2D eigenvalue weighted by Gasteiger charge is -2.04. The lowest BCUT2D eigenvalue weighted by Crippen LogP contribution is -1.93. The van der Waals surface area contributed by atoms with Crippen molar-refractivity contribution in [1.29, 1.82) is 5.26 Å². The first-order valence-electron chi connectivity index (χ1n) is 4.67. The predicted octanol–water partition coefficient (Wildman–Crippen LogP) is 2.95. The van der Waals surface area contributed by atoms with Crippen molar-refractivity contribution in [2.45, 2.75) is 26.7 Å². The maximum atomic E-state index is 8.48. The predicted molar refractivity (Wildman–Crippen MR) is 54.3 cm³/mol. The van der Waals surface area contributed by atoms with E-state index in [4.69, 9.17) is 5.26 Å². The molecule has 1 aromatic carbocycles. The third-order valence-corrected chi connectivity index (χ3v) is 1.95. The van der Waals surface area contributed by atoms with Crippen LogP contribution >= 0.6 is 0 Å². The van der Waals surface area contributed by atoms with Crippen molar-refractivity contribution in [1.82, 2.24) is 0 Å². The average Bonchev–Trinajstić information content (AvgIpc) is 2.08. The van der Waals surface area contributed by atoms with E-state index >= 15 is 0 Å². The van der Waals surface area contributed by atoms with Crippen LogP contribution in [-0.2, 0) is 12.8 Å². The number of hydrogen-bond donors (Lipinski definition) is 0. The third-order valence-electron chi connectivity index (χ3n) is 1.95. The number of hydrogen-bond acceptors (Lipinski definition) is 1. The molecule has 0 spiro atoms. The lowest BCUT2D eigenvalue weighted by atomic mass is 10.0. The summed E-state index contributed by atoms with van der Waals surface area (Å²) < 4.78 is 0. The van der Waals surface area contributed by atoms with E-state index in [2.05, 4.69) is 32.0 Å². The molecule has 1 heteroatoms. The zero-order chi connectivity index (χ0) is 9.68. The van der Waals surface area contributed by atoms with E-state index in [-0.39, 0.29) is 0 Å². The zero-order valence-corrected chi connectivity index (χ0v) is 8.25. The molecule has 0 saturated carbocycles. The first-order valence-corrected chi connectivity index (χ1v) is 4.67. The Morgan fingerprint density at radius 3 is 2.15 bits per heavy atom. The number of rotatable bonds is 3. The standard InChI is InChI=1S/C12H15N/c1-10(2)9-12-5-3-11(4-6-12)7-8-13/h3-6,10H,7,9H2,1-2H3. The number of nitriles is 1. The molecule has 0 fully saturated rings. The zero-order valence-electron chi connectivity index (χ0n) is 8.25. The van der Waals surface area contributed by atoms with Crippen LogP contribution in [0.2, 0.25) is 0 Å². The van der Waals surface area contributed by atoms with Crippen molar-refractivity contribution in [3.63, 3.8) is 0 Å². The van der Waals surface area contributed by atoms with E-state index in [1.54, 1.807) is 0 Å². The fourth-order valence-corrected chi connectivity index (χ4v) is 1.36. The molecule has 13 heavy (non-hydrogen) atoms. The van der Waals surface area contributed by atoms with Crippen LogP contribution in [0.4, 0.5) is 0 Å². The van der Waals surface area contributed by atoms with Gasteiger partial charge in [0.15, 0.2) is 0 Å². The Hall–Kier alpha value is -1.29. The van der Waals surface area contributed by atoms with Crippen LogP contribution in [0.15, 0.2) is 24.3 Å². The van der Waals surface area contributed by atoms with E-state index in [1.807, 2.05) is 12.1 Å². The van der Waals surface area contributed by atoms with Crippen molar-refractivity contribution in [2.24, 2.45) is 5.92 Å². The molecule has 0 saturated heterocycles. The molecule has 0 aliphatic rings. The van der Waals surface area contributed by atoms with Gasteiger partial charge >= 0.3 is 0 Å². The first kappa shape index (κ1) is 9.80. The van der Waals surface area contributed by atoms with Crippen LogP contribution in [-0.4, -0.2) is 0 Å². The molecule has 0 unspecified atom stereocenters. The van der Waals surface area contributed by atoms with Crippen molar-refractivity contribution in [3.8, 4) is 6.07 Å². The van der Waals surface area contributed by atoms with E-state index in [1.165, 1.54) is 5.56 Å². The Bertz CT molecular complexity index is 290. The molecule has 0 bridgehead atoms. The van der Waals surface area contributed by atoms with Crippen LogP contribution in [0.5, 0.6) is 0 Å².